The van der Waals surface area contributed by atoms with Gasteiger partial charge in [0, 0.05) is 31.1 Å². The first-order valence-electron chi connectivity index (χ1n) is 9.21. The molecule has 4 rings (SSSR count). The molecule has 1 atom stereocenters. The lowest BCUT2D eigenvalue weighted by atomic mass is 9.94. The van der Waals surface area contributed by atoms with Crippen LogP contribution in [0.15, 0.2) is 43.0 Å². The highest BCUT2D eigenvalue weighted by molar-refractivity contribution is 5.87. The molecule has 0 saturated carbocycles. The van der Waals surface area contributed by atoms with Crippen molar-refractivity contribution in [3.05, 3.63) is 59.9 Å². The molecule has 6 nitrogen and oxygen atoms in total. The zero-order chi connectivity index (χ0) is 19.7. The Morgan fingerprint density at radius 2 is 2.07 bits per heavy atom. The van der Waals surface area contributed by atoms with Crippen molar-refractivity contribution in [1.82, 2.24) is 25.3 Å². The number of carbonyl (C=O) groups excluding carboxylic acids is 1. The number of fused-ring (bicyclic) bond motifs is 1. The number of hydrogen-bond acceptors (Lipinski definition) is 5. The molecular weight excluding hydrogens is 364 g/mol. The first kappa shape index (κ1) is 18.6. The van der Waals surface area contributed by atoms with E-state index < -0.39 is 6.55 Å². The Kier molecular flexibility index (Phi) is 5.15. The van der Waals surface area contributed by atoms with Gasteiger partial charge in [0.1, 0.15) is 0 Å². The molecule has 1 saturated heterocycles. The van der Waals surface area contributed by atoms with Crippen LogP contribution in [0.1, 0.15) is 22.9 Å². The Labute approximate surface area is 161 Å². The van der Waals surface area contributed by atoms with Crippen LogP contribution in [-0.4, -0.2) is 52.0 Å². The van der Waals surface area contributed by atoms with Gasteiger partial charge in [0.05, 0.1) is 17.9 Å². The minimum absolute atomic E-state index is 0.140. The van der Waals surface area contributed by atoms with Gasteiger partial charge in [0.25, 0.3) is 0 Å². The van der Waals surface area contributed by atoms with Gasteiger partial charge in [-0.2, -0.15) is 13.8 Å². The summed E-state index contributed by atoms with van der Waals surface area (Å²) in [6.45, 7) is 2.49. The van der Waals surface area contributed by atoms with E-state index >= 15 is 0 Å². The van der Waals surface area contributed by atoms with E-state index in [0.717, 1.165) is 27.5 Å². The summed E-state index contributed by atoms with van der Waals surface area (Å²) in [7, 11) is 0. The van der Waals surface area contributed by atoms with Crippen LogP contribution in [0.3, 0.4) is 0 Å². The Bertz CT molecular complexity index is 890. The van der Waals surface area contributed by atoms with Crippen molar-refractivity contribution in [2.45, 2.75) is 25.4 Å². The molecule has 2 aliphatic heterocycles. The minimum atomic E-state index is -2.56. The molecule has 0 aliphatic carbocycles. The van der Waals surface area contributed by atoms with Crippen molar-refractivity contribution in [2.24, 2.45) is 0 Å². The van der Waals surface area contributed by atoms with Gasteiger partial charge in [-0.3, -0.25) is 4.79 Å². The Morgan fingerprint density at radius 3 is 2.75 bits per heavy atom. The summed E-state index contributed by atoms with van der Waals surface area (Å²) in [5.41, 5.74) is 6.15. The average Bonchev–Trinajstić information content (AvgIpc) is 3.23. The van der Waals surface area contributed by atoms with Gasteiger partial charge in [-0.25, -0.2) is 15.4 Å². The Hall–Kier alpha value is -2.71. The third-order valence-electron chi connectivity index (χ3n) is 5.20. The highest BCUT2D eigenvalue weighted by Gasteiger charge is 2.34. The standard InChI is InChI=1S/C20H21F2N5O/c1-2-17(28)26-9-8-15-16(12-26)24-19(13-6-4-3-5-7-13)25-18(15)14-10-23-27(11-14)20(21)22/h2-7,14,20,23H,1,8-12H2. The van der Waals surface area contributed by atoms with Gasteiger partial charge < -0.3 is 4.90 Å². The molecule has 1 fully saturated rings. The van der Waals surface area contributed by atoms with E-state index in [-0.39, 0.29) is 18.4 Å². The van der Waals surface area contributed by atoms with Crippen LogP contribution >= 0.6 is 0 Å². The minimum Gasteiger partial charge on any atom is -0.333 e. The number of amides is 1. The molecule has 0 bridgehead atoms. The molecule has 2 aromatic rings. The molecule has 1 aromatic heterocycles. The van der Waals surface area contributed by atoms with E-state index in [2.05, 4.69) is 12.0 Å². The molecule has 28 heavy (non-hydrogen) atoms. The maximum atomic E-state index is 13.1. The van der Waals surface area contributed by atoms with Crippen LogP contribution in [0.4, 0.5) is 8.78 Å². The zero-order valence-corrected chi connectivity index (χ0v) is 15.3. The number of rotatable bonds is 4. The van der Waals surface area contributed by atoms with Gasteiger partial charge in [-0.1, -0.05) is 36.9 Å². The maximum absolute atomic E-state index is 13.1. The molecule has 146 valence electrons. The number of aromatic nitrogens is 2. The Balaban J connectivity index is 1.75. The summed E-state index contributed by atoms with van der Waals surface area (Å²) in [4.78, 5) is 23.2. The van der Waals surface area contributed by atoms with Gasteiger partial charge in [0.2, 0.25) is 5.91 Å². The molecule has 2 aliphatic rings. The predicted molar refractivity (Wildman–Crippen MR) is 100 cm³/mol. The quantitative estimate of drug-likeness (QED) is 0.647. The second-order valence-corrected chi connectivity index (χ2v) is 6.93. The topological polar surface area (TPSA) is 61.4 Å². The van der Waals surface area contributed by atoms with E-state index in [4.69, 9.17) is 9.97 Å². The number of benzene rings is 1. The molecule has 1 amide bonds. The van der Waals surface area contributed by atoms with Gasteiger partial charge >= 0.3 is 6.55 Å². The predicted octanol–water partition coefficient (Wildman–Crippen LogP) is 2.34. The summed E-state index contributed by atoms with van der Waals surface area (Å²) < 4.78 is 26.1. The highest BCUT2D eigenvalue weighted by Crippen LogP contribution is 2.31. The van der Waals surface area contributed by atoms with Crippen molar-refractivity contribution in [1.29, 1.82) is 0 Å². The lowest BCUT2D eigenvalue weighted by Gasteiger charge is -2.29. The third-order valence-corrected chi connectivity index (χ3v) is 5.20. The van der Waals surface area contributed by atoms with Crippen LogP contribution in [0.2, 0.25) is 0 Å². The second-order valence-electron chi connectivity index (χ2n) is 6.93. The van der Waals surface area contributed by atoms with Crippen LogP contribution in [-0.2, 0) is 17.8 Å². The Morgan fingerprint density at radius 1 is 1.29 bits per heavy atom. The number of hydrogen-bond donors (Lipinski definition) is 1. The molecule has 8 heteroatoms. The fraction of sp³-hybridized carbons (Fsp3) is 0.350. The van der Waals surface area contributed by atoms with Crippen LogP contribution < -0.4 is 5.43 Å². The average molecular weight is 385 g/mol. The van der Waals surface area contributed by atoms with E-state index in [9.17, 15) is 13.6 Å². The maximum Gasteiger partial charge on any atom is 0.306 e. The van der Waals surface area contributed by atoms with E-state index in [1.165, 1.54) is 6.08 Å². The lowest BCUT2D eigenvalue weighted by Crippen LogP contribution is -2.36. The van der Waals surface area contributed by atoms with E-state index in [0.29, 0.717) is 31.9 Å². The number of halogens is 2. The summed E-state index contributed by atoms with van der Waals surface area (Å²) >= 11 is 0. The summed E-state index contributed by atoms with van der Waals surface area (Å²) in [6, 6.07) is 9.55. The lowest BCUT2D eigenvalue weighted by molar-refractivity contribution is -0.126. The molecule has 0 spiro atoms. The molecule has 1 aromatic carbocycles. The monoisotopic (exact) mass is 385 g/mol. The van der Waals surface area contributed by atoms with E-state index in [1.54, 1.807) is 4.90 Å². The van der Waals surface area contributed by atoms with Crippen molar-refractivity contribution < 1.29 is 13.6 Å². The summed E-state index contributed by atoms with van der Waals surface area (Å²) in [5, 5.41) is 0.942. The van der Waals surface area contributed by atoms with Gasteiger partial charge in [-0.15, -0.1) is 0 Å². The molecular formula is C20H21F2N5O. The van der Waals surface area contributed by atoms with Gasteiger partial charge in [-0.05, 0) is 18.1 Å². The SMILES string of the molecule is C=CC(=O)N1CCc2c(nc(-c3ccccc3)nc2C2CNN(C(F)F)C2)C1. The van der Waals surface area contributed by atoms with Crippen LogP contribution in [0, 0.1) is 0 Å². The van der Waals surface area contributed by atoms with Crippen molar-refractivity contribution in [3.8, 4) is 11.4 Å². The molecule has 1 N–H and O–H groups in total. The van der Waals surface area contributed by atoms with E-state index in [1.807, 2.05) is 30.3 Å². The number of nitrogens with zero attached hydrogens (tertiary/aromatic N) is 4. The largest absolute Gasteiger partial charge is 0.333 e. The molecule has 3 heterocycles. The summed E-state index contributed by atoms with van der Waals surface area (Å²) in [6.07, 6.45) is 1.90. The first-order valence-corrected chi connectivity index (χ1v) is 9.21. The number of alkyl halides is 2. The number of hydrazine groups is 1. The van der Waals surface area contributed by atoms with Crippen molar-refractivity contribution in [2.75, 3.05) is 19.6 Å². The fourth-order valence-corrected chi connectivity index (χ4v) is 3.76. The third kappa shape index (κ3) is 3.53. The smallest absolute Gasteiger partial charge is 0.306 e. The molecule has 1 unspecified atom stereocenters. The normalized spacial score (nSPS) is 19.7. The van der Waals surface area contributed by atoms with Crippen LogP contribution in [0.5, 0.6) is 0 Å². The fourth-order valence-electron chi connectivity index (χ4n) is 3.76. The second kappa shape index (κ2) is 7.73. The highest BCUT2D eigenvalue weighted by atomic mass is 19.3. The first-order chi connectivity index (χ1) is 13.6. The molecule has 0 radical (unpaired) electrons. The number of nitrogens with one attached hydrogen (secondary N) is 1. The van der Waals surface area contributed by atoms with Crippen LogP contribution in [0.25, 0.3) is 11.4 Å². The van der Waals surface area contributed by atoms with Crippen molar-refractivity contribution in [3.63, 3.8) is 0 Å². The zero-order valence-electron chi connectivity index (χ0n) is 15.3. The summed E-state index contributed by atoms with van der Waals surface area (Å²) in [5.74, 6) is 0.256. The van der Waals surface area contributed by atoms with Gasteiger partial charge in [0.15, 0.2) is 5.82 Å². The number of carbonyl (C=O) groups is 1. The van der Waals surface area contributed by atoms with Crippen molar-refractivity contribution >= 4 is 5.91 Å².